The highest BCUT2D eigenvalue weighted by atomic mass is 32.3. The lowest BCUT2D eigenvalue weighted by molar-refractivity contribution is 0.477. The minimum Gasteiger partial charge on any atom is -0.211 e. The van der Waals surface area contributed by atoms with Gasteiger partial charge in [0.15, 0.2) is 0 Å². The van der Waals surface area contributed by atoms with Gasteiger partial charge in [0.05, 0.1) is 11.5 Å². The van der Waals surface area contributed by atoms with Crippen molar-refractivity contribution in [2.24, 2.45) is 11.8 Å². The third-order valence-corrected chi connectivity index (χ3v) is 8.10. The van der Waals surface area contributed by atoms with Crippen molar-refractivity contribution in [2.75, 3.05) is 11.5 Å². The Bertz CT molecular complexity index is 454. The summed E-state index contributed by atoms with van der Waals surface area (Å²) in [7, 11) is -7.59. The van der Waals surface area contributed by atoms with E-state index in [9.17, 15) is 16.8 Å². The number of hydrogen-bond donors (Lipinski definition) is 1. The van der Waals surface area contributed by atoms with Gasteiger partial charge in [-0.1, -0.05) is 66.2 Å². The smallest absolute Gasteiger partial charge is 0.211 e. The molecular weight excluding hydrogens is 334 g/mol. The zero-order chi connectivity index (χ0) is 17.9. The first-order valence-corrected chi connectivity index (χ1v) is 12.2. The molecule has 7 heteroatoms. The first kappa shape index (κ1) is 22.9. The van der Waals surface area contributed by atoms with Crippen LogP contribution in [0.4, 0.5) is 0 Å². The van der Waals surface area contributed by atoms with Crippen LogP contribution in [0.25, 0.3) is 0 Å². The molecule has 2 atom stereocenters. The Morgan fingerprint density at radius 2 is 1.04 bits per heavy atom. The predicted molar refractivity (Wildman–Crippen MR) is 97.3 cm³/mol. The molecule has 0 aliphatic carbocycles. The standard InChI is InChI=1S/C16H35NO4S2/c1-5-9-11-15(7-3)13-22(18,19)17-23(20,21)14-16(8-4)12-10-6-2/h15-17H,5-14H2,1-4H3. The van der Waals surface area contributed by atoms with E-state index in [1.165, 1.54) is 0 Å². The van der Waals surface area contributed by atoms with Crippen LogP contribution in [-0.4, -0.2) is 28.3 Å². The molecule has 140 valence electrons. The van der Waals surface area contributed by atoms with Gasteiger partial charge in [0.2, 0.25) is 20.0 Å². The Morgan fingerprint density at radius 1 is 0.696 bits per heavy atom. The topological polar surface area (TPSA) is 80.3 Å². The molecule has 0 fully saturated rings. The third-order valence-electron chi connectivity index (χ3n) is 4.25. The molecule has 0 radical (unpaired) electrons. The van der Waals surface area contributed by atoms with Gasteiger partial charge in [-0.25, -0.2) is 16.8 Å². The summed E-state index contributed by atoms with van der Waals surface area (Å²) < 4.78 is 50.6. The van der Waals surface area contributed by atoms with Gasteiger partial charge < -0.3 is 0 Å². The zero-order valence-electron chi connectivity index (χ0n) is 15.2. The summed E-state index contributed by atoms with van der Waals surface area (Å²) in [6.07, 6.45) is 7.09. The van der Waals surface area contributed by atoms with Crippen molar-refractivity contribution in [3.8, 4) is 0 Å². The van der Waals surface area contributed by atoms with Crippen LogP contribution < -0.4 is 4.13 Å². The van der Waals surface area contributed by atoms with E-state index in [4.69, 9.17) is 0 Å². The van der Waals surface area contributed by atoms with Crippen LogP contribution in [0, 0.1) is 11.8 Å². The second-order valence-corrected chi connectivity index (χ2v) is 10.3. The van der Waals surface area contributed by atoms with Gasteiger partial charge in [-0.05, 0) is 24.7 Å². The second-order valence-electron chi connectivity index (χ2n) is 6.48. The summed E-state index contributed by atoms with van der Waals surface area (Å²) in [5.74, 6) is -0.169. The number of hydrogen-bond acceptors (Lipinski definition) is 4. The summed E-state index contributed by atoms with van der Waals surface area (Å²) >= 11 is 0. The molecule has 0 saturated heterocycles. The van der Waals surface area contributed by atoms with Crippen molar-refractivity contribution >= 4 is 20.0 Å². The molecule has 5 nitrogen and oxygen atoms in total. The SMILES string of the molecule is CCCCC(CC)CS(=O)(=O)NS(=O)(=O)CC(CC)CCCC. The van der Waals surface area contributed by atoms with Crippen LogP contribution >= 0.6 is 0 Å². The third kappa shape index (κ3) is 11.1. The van der Waals surface area contributed by atoms with E-state index in [1.807, 2.05) is 18.0 Å². The van der Waals surface area contributed by atoms with Gasteiger partial charge in [0.25, 0.3) is 0 Å². The fourth-order valence-corrected chi connectivity index (χ4v) is 6.82. The molecule has 0 spiro atoms. The van der Waals surface area contributed by atoms with E-state index in [-0.39, 0.29) is 23.3 Å². The second kappa shape index (κ2) is 11.4. The highest BCUT2D eigenvalue weighted by molar-refractivity contribution is 8.04. The van der Waals surface area contributed by atoms with Crippen molar-refractivity contribution < 1.29 is 16.8 Å². The Hall–Kier alpha value is -0.140. The monoisotopic (exact) mass is 369 g/mol. The van der Waals surface area contributed by atoms with E-state index >= 15 is 0 Å². The summed E-state index contributed by atoms with van der Waals surface area (Å²) in [4.78, 5) is 0. The van der Waals surface area contributed by atoms with Gasteiger partial charge in [-0.15, -0.1) is 4.13 Å². The van der Waals surface area contributed by atoms with Gasteiger partial charge in [-0.2, -0.15) is 0 Å². The molecule has 0 aromatic heterocycles. The van der Waals surface area contributed by atoms with Gasteiger partial charge >= 0.3 is 0 Å². The summed E-state index contributed by atoms with van der Waals surface area (Å²) in [5.41, 5.74) is 0. The first-order chi connectivity index (χ1) is 10.7. The zero-order valence-corrected chi connectivity index (χ0v) is 16.8. The van der Waals surface area contributed by atoms with E-state index in [0.29, 0.717) is 0 Å². The molecule has 1 N–H and O–H groups in total. The molecule has 0 saturated carbocycles. The molecular formula is C16H35NO4S2. The molecule has 0 aliphatic rings. The van der Waals surface area contributed by atoms with E-state index < -0.39 is 20.0 Å². The Labute approximate surface area is 143 Å². The lowest BCUT2D eigenvalue weighted by Gasteiger charge is -2.17. The maximum atomic E-state index is 12.2. The van der Waals surface area contributed by atoms with Crippen LogP contribution in [0.3, 0.4) is 0 Å². The quantitative estimate of drug-likeness (QED) is 0.506. The Balaban J connectivity index is 4.71. The highest BCUT2D eigenvalue weighted by Crippen LogP contribution is 2.17. The lowest BCUT2D eigenvalue weighted by Crippen LogP contribution is -2.37. The minimum absolute atomic E-state index is 0.0183. The van der Waals surface area contributed by atoms with Crippen LogP contribution in [0.1, 0.15) is 79.1 Å². The largest absolute Gasteiger partial charge is 0.224 e. The summed E-state index contributed by atoms with van der Waals surface area (Å²) in [5, 5.41) is 0. The Kier molecular flexibility index (Phi) is 11.4. The first-order valence-electron chi connectivity index (χ1n) is 8.93. The number of rotatable bonds is 14. The molecule has 23 heavy (non-hydrogen) atoms. The van der Waals surface area contributed by atoms with Gasteiger partial charge in [0, 0.05) is 0 Å². The van der Waals surface area contributed by atoms with E-state index in [2.05, 4.69) is 13.8 Å². The van der Waals surface area contributed by atoms with Crippen LogP contribution in [0.5, 0.6) is 0 Å². The molecule has 0 aromatic carbocycles. The predicted octanol–water partition coefficient (Wildman–Crippen LogP) is 3.67. The van der Waals surface area contributed by atoms with Crippen molar-refractivity contribution in [1.82, 2.24) is 4.13 Å². The molecule has 0 heterocycles. The maximum absolute atomic E-state index is 12.2. The molecule has 2 unspecified atom stereocenters. The summed E-state index contributed by atoms with van der Waals surface area (Å²) in [6.45, 7) is 8.01. The van der Waals surface area contributed by atoms with Crippen molar-refractivity contribution in [3.63, 3.8) is 0 Å². The van der Waals surface area contributed by atoms with Crippen LogP contribution in [-0.2, 0) is 20.0 Å². The lowest BCUT2D eigenvalue weighted by atomic mass is 10.0. The maximum Gasteiger partial charge on any atom is 0.224 e. The summed E-state index contributed by atoms with van der Waals surface area (Å²) in [6, 6.07) is 0. The van der Waals surface area contributed by atoms with E-state index in [1.54, 1.807) is 0 Å². The average molecular weight is 370 g/mol. The number of unbranched alkanes of at least 4 members (excludes halogenated alkanes) is 2. The van der Waals surface area contributed by atoms with Gasteiger partial charge in [-0.3, -0.25) is 0 Å². The normalized spacial score (nSPS) is 15.5. The highest BCUT2D eigenvalue weighted by Gasteiger charge is 2.26. The van der Waals surface area contributed by atoms with Crippen LogP contribution in [0.15, 0.2) is 0 Å². The molecule has 0 aliphatic heterocycles. The molecule has 0 amide bonds. The molecule has 0 bridgehead atoms. The van der Waals surface area contributed by atoms with Gasteiger partial charge in [0.1, 0.15) is 0 Å². The molecule has 0 rings (SSSR count). The van der Waals surface area contributed by atoms with Crippen molar-refractivity contribution in [2.45, 2.75) is 79.1 Å². The number of sulfonamides is 2. The molecule has 0 aromatic rings. The fourth-order valence-electron chi connectivity index (χ4n) is 2.68. The van der Waals surface area contributed by atoms with Crippen molar-refractivity contribution in [1.29, 1.82) is 0 Å². The van der Waals surface area contributed by atoms with Crippen molar-refractivity contribution in [3.05, 3.63) is 0 Å². The fraction of sp³-hybridized carbons (Fsp3) is 1.00. The number of nitrogens with one attached hydrogen (secondary N) is 1. The average Bonchev–Trinajstić information content (AvgIpc) is 2.46. The Morgan fingerprint density at radius 3 is 1.30 bits per heavy atom. The van der Waals surface area contributed by atoms with E-state index in [0.717, 1.165) is 51.4 Å². The van der Waals surface area contributed by atoms with Crippen LogP contribution in [0.2, 0.25) is 0 Å². The minimum atomic E-state index is -3.79.